The summed E-state index contributed by atoms with van der Waals surface area (Å²) in [5.41, 5.74) is 3.54. The van der Waals surface area contributed by atoms with E-state index in [2.05, 4.69) is 39.8 Å². The molecule has 1 aromatic carbocycles. The molecule has 0 unspecified atom stereocenters. The second-order valence-electron chi connectivity index (χ2n) is 5.27. The predicted octanol–water partition coefficient (Wildman–Crippen LogP) is 2.51. The molecule has 1 aromatic rings. The van der Waals surface area contributed by atoms with E-state index in [1.54, 1.807) is 0 Å². The van der Waals surface area contributed by atoms with Gasteiger partial charge in [-0.15, -0.1) is 0 Å². The van der Waals surface area contributed by atoms with Crippen molar-refractivity contribution < 1.29 is 4.74 Å². The van der Waals surface area contributed by atoms with E-state index in [0.29, 0.717) is 0 Å². The molecule has 3 heterocycles. The Bertz CT molecular complexity index is 728. The molecule has 1 saturated heterocycles. The molecule has 0 bridgehead atoms. The van der Waals surface area contributed by atoms with Crippen LogP contribution in [0.5, 0.6) is 0 Å². The summed E-state index contributed by atoms with van der Waals surface area (Å²) in [6, 6.07) is 10.8. The number of hydrogen-bond donors (Lipinski definition) is 0. The lowest BCUT2D eigenvalue weighted by Crippen LogP contribution is -2.36. The van der Waals surface area contributed by atoms with Crippen LogP contribution < -0.4 is 4.90 Å². The fourth-order valence-electron chi connectivity index (χ4n) is 2.93. The van der Waals surface area contributed by atoms with Crippen molar-refractivity contribution in [3.63, 3.8) is 0 Å². The Morgan fingerprint density at radius 2 is 2.00 bits per heavy atom. The number of aromatic nitrogens is 2. The number of pyridine rings is 1. The predicted molar refractivity (Wildman–Crippen MR) is 80.4 cm³/mol. The first-order valence-electron chi connectivity index (χ1n) is 7.00. The van der Waals surface area contributed by atoms with Gasteiger partial charge in [0, 0.05) is 43.0 Å². The summed E-state index contributed by atoms with van der Waals surface area (Å²) in [7, 11) is 2.04. The second kappa shape index (κ2) is 4.49. The van der Waals surface area contributed by atoms with E-state index in [1.165, 1.54) is 16.6 Å². The number of fused-ring (bicyclic) bond motifs is 3. The summed E-state index contributed by atoms with van der Waals surface area (Å²) in [6.07, 6.45) is 2.04. The zero-order valence-corrected chi connectivity index (χ0v) is 11.5. The van der Waals surface area contributed by atoms with Crippen molar-refractivity contribution in [1.82, 2.24) is 9.55 Å². The van der Waals surface area contributed by atoms with Crippen LogP contribution in [0, 0.1) is 0 Å². The van der Waals surface area contributed by atoms with Gasteiger partial charge in [0.05, 0.1) is 18.7 Å². The Kier molecular flexibility index (Phi) is 2.63. The van der Waals surface area contributed by atoms with Crippen LogP contribution in [0.1, 0.15) is 0 Å². The summed E-state index contributed by atoms with van der Waals surface area (Å²) in [5, 5.41) is 1.23. The number of morpholine rings is 1. The standard InChI is InChI=1S/C16H17N3O/c1-18-6-2-3-14-13-5-4-12(11-15(13)17-16(14)18)19-7-9-20-10-8-19/h2-6,11H,7-10H2,1H3. The third-order valence-electron chi connectivity index (χ3n) is 4.02. The highest BCUT2D eigenvalue weighted by Crippen LogP contribution is 2.32. The summed E-state index contributed by atoms with van der Waals surface area (Å²) in [6.45, 7) is 3.53. The molecule has 20 heavy (non-hydrogen) atoms. The molecule has 4 rings (SSSR count). The van der Waals surface area contributed by atoms with Gasteiger partial charge in [-0.25, -0.2) is 4.98 Å². The molecular formula is C16H17N3O. The molecule has 3 aliphatic rings. The number of ether oxygens (including phenoxy) is 1. The van der Waals surface area contributed by atoms with Gasteiger partial charge in [0.25, 0.3) is 0 Å². The van der Waals surface area contributed by atoms with Gasteiger partial charge >= 0.3 is 0 Å². The summed E-state index contributed by atoms with van der Waals surface area (Å²) in [4.78, 5) is 7.14. The van der Waals surface area contributed by atoms with Crippen LogP contribution in [0.4, 0.5) is 5.69 Å². The molecule has 1 fully saturated rings. The van der Waals surface area contributed by atoms with Gasteiger partial charge in [-0.05, 0) is 24.3 Å². The third kappa shape index (κ3) is 1.76. The SMILES string of the molecule is Cn1cccc2c3ccc(N4CCOCC4)cc3nc1-2. The van der Waals surface area contributed by atoms with Gasteiger partial charge in [0.1, 0.15) is 5.82 Å². The van der Waals surface area contributed by atoms with Gasteiger partial charge in [-0.1, -0.05) is 6.07 Å². The Morgan fingerprint density at radius 3 is 2.85 bits per heavy atom. The Morgan fingerprint density at radius 1 is 1.15 bits per heavy atom. The minimum Gasteiger partial charge on any atom is -0.378 e. The normalized spacial score (nSPS) is 16.1. The highest BCUT2D eigenvalue weighted by Gasteiger charge is 2.16. The molecular weight excluding hydrogens is 250 g/mol. The van der Waals surface area contributed by atoms with E-state index < -0.39 is 0 Å². The second-order valence-corrected chi connectivity index (χ2v) is 5.27. The highest BCUT2D eigenvalue weighted by molar-refractivity contribution is 5.97. The molecule has 0 aromatic heterocycles. The average Bonchev–Trinajstić information content (AvgIpc) is 2.87. The summed E-state index contributed by atoms with van der Waals surface area (Å²) < 4.78 is 7.48. The van der Waals surface area contributed by atoms with Crippen molar-refractivity contribution in [2.45, 2.75) is 0 Å². The summed E-state index contributed by atoms with van der Waals surface area (Å²) >= 11 is 0. The van der Waals surface area contributed by atoms with Crippen molar-refractivity contribution in [2.75, 3.05) is 31.2 Å². The number of rotatable bonds is 1. The topological polar surface area (TPSA) is 30.3 Å². The fraction of sp³-hybridized carbons (Fsp3) is 0.312. The molecule has 0 atom stereocenters. The summed E-state index contributed by atoms with van der Waals surface area (Å²) in [5.74, 6) is 1.04. The van der Waals surface area contributed by atoms with Crippen LogP contribution in [0.15, 0.2) is 36.5 Å². The monoisotopic (exact) mass is 267 g/mol. The largest absolute Gasteiger partial charge is 0.378 e. The molecule has 4 heteroatoms. The van der Waals surface area contributed by atoms with E-state index in [4.69, 9.17) is 9.72 Å². The molecule has 102 valence electrons. The number of anilines is 1. The van der Waals surface area contributed by atoms with Crippen LogP contribution in [-0.2, 0) is 11.8 Å². The van der Waals surface area contributed by atoms with Gasteiger partial charge in [0.15, 0.2) is 0 Å². The Labute approximate surface area is 117 Å². The molecule has 0 saturated carbocycles. The number of benzene rings is 1. The fourth-order valence-corrected chi connectivity index (χ4v) is 2.93. The first-order valence-corrected chi connectivity index (χ1v) is 7.00. The lowest BCUT2D eigenvalue weighted by Gasteiger charge is -2.28. The lowest BCUT2D eigenvalue weighted by atomic mass is 10.1. The van der Waals surface area contributed by atoms with Gasteiger partial charge < -0.3 is 14.2 Å². The van der Waals surface area contributed by atoms with Crippen LogP contribution in [0.3, 0.4) is 0 Å². The zero-order valence-electron chi connectivity index (χ0n) is 11.5. The maximum atomic E-state index is 5.41. The van der Waals surface area contributed by atoms with Crippen molar-refractivity contribution in [3.8, 4) is 11.4 Å². The molecule has 0 N–H and O–H groups in total. The first-order chi connectivity index (χ1) is 9.83. The maximum absolute atomic E-state index is 5.41. The maximum Gasteiger partial charge on any atom is 0.140 e. The Balaban J connectivity index is 1.85. The molecule has 3 aliphatic heterocycles. The minimum absolute atomic E-state index is 0.809. The molecule has 0 aliphatic carbocycles. The van der Waals surface area contributed by atoms with E-state index >= 15 is 0 Å². The van der Waals surface area contributed by atoms with Crippen LogP contribution in [-0.4, -0.2) is 35.9 Å². The van der Waals surface area contributed by atoms with Crippen LogP contribution >= 0.6 is 0 Å². The minimum atomic E-state index is 0.809. The van der Waals surface area contributed by atoms with Gasteiger partial charge in [-0.3, -0.25) is 0 Å². The zero-order chi connectivity index (χ0) is 13.5. The average molecular weight is 267 g/mol. The molecule has 4 nitrogen and oxygen atoms in total. The van der Waals surface area contributed by atoms with Crippen LogP contribution in [0.25, 0.3) is 22.3 Å². The van der Waals surface area contributed by atoms with Crippen molar-refractivity contribution >= 4 is 16.6 Å². The lowest BCUT2D eigenvalue weighted by molar-refractivity contribution is 0.122. The molecule has 0 amide bonds. The number of aryl methyl sites for hydroxylation is 1. The van der Waals surface area contributed by atoms with E-state index in [1.807, 2.05) is 13.2 Å². The van der Waals surface area contributed by atoms with E-state index in [0.717, 1.165) is 37.6 Å². The van der Waals surface area contributed by atoms with E-state index in [9.17, 15) is 0 Å². The highest BCUT2D eigenvalue weighted by atomic mass is 16.5. The Hall–Kier alpha value is -2.07. The molecule has 0 spiro atoms. The first kappa shape index (κ1) is 11.7. The van der Waals surface area contributed by atoms with Crippen molar-refractivity contribution in [2.24, 2.45) is 7.05 Å². The van der Waals surface area contributed by atoms with Crippen LogP contribution in [0.2, 0.25) is 0 Å². The third-order valence-corrected chi connectivity index (χ3v) is 4.02. The van der Waals surface area contributed by atoms with E-state index in [-0.39, 0.29) is 0 Å². The quantitative estimate of drug-likeness (QED) is 0.678. The van der Waals surface area contributed by atoms with Crippen molar-refractivity contribution in [1.29, 1.82) is 0 Å². The van der Waals surface area contributed by atoms with Gasteiger partial charge in [-0.2, -0.15) is 0 Å². The number of nitrogens with zero attached hydrogens (tertiary/aromatic N) is 3. The molecule has 0 radical (unpaired) electrons. The van der Waals surface area contributed by atoms with Crippen molar-refractivity contribution in [3.05, 3.63) is 36.5 Å². The number of hydrogen-bond acceptors (Lipinski definition) is 3. The van der Waals surface area contributed by atoms with Gasteiger partial charge in [0.2, 0.25) is 0 Å². The smallest absolute Gasteiger partial charge is 0.140 e.